The number of likely N-dealkylation sites (N-methyl/N-ethyl adjacent to an activating group) is 1. The molecule has 1 atom stereocenters. The van der Waals surface area contributed by atoms with Crippen molar-refractivity contribution in [2.75, 3.05) is 47.4 Å². The minimum absolute atomic E-state index is 0. The fourth-order valence-electron chi connectivity index (χ4n) is 2.01. The summed E-state index contributed by atoms with van der Waals surface area (Å²) in [6, 6.07) is 0.240. The number of nitrogens with zero attached hydrogens (tertiary/aromatic N) is 4. The molecule has 0 spiro atoms. The average molecular weight is 424 g/mol. The van der Waals surface area contributed by atoms with Crippen molar-refractivity contribution in [3.63, 3.8) is 0 Å². The van der Waals surface area contributed by atoms with E-state index in [0.717, 1.165) is 25.7 Å². The lowest BCUT2D eigenvalue weighted by Crippen LogP contribution is -2.42. The van der Waals surface area contributed by atoms with Gasteiger partial charge in [0.1, 0.15) is 0 Å². The Morgan fingerprint density at radius 3 is 2.68 bits per heavy atom. The van der Waals surface area contributed by atoms with Gasteiger partial charge in [-0.1, -0.05) is 0 Å². The molecule has 0 aliphatic rings. The fourth-order valence-corrected chi connectivity index (χ4v) is 2.01. The van der Waals surface area contributed by atoms with Gasteiger partial charge in [0.05, 0.1) is 18.8 Å². The summed E-state index contributed by atoms with van der Waals surface area (Å²) in [5.74, 6) is 0.783. The molecular formula is C14H29IN6O. The van der Waals surface area contributed by atoms with Crippen LogP contribution in [0.3, 0.4) is 0 Å². The predicted molar refractivity (Wildman–Crippen MR) is 101 cm³/mol. The second-order valence-electron chi connectivity index (χ2n) is 5.00. The second kappa shape index (κ2) is 11.7. The molecule has 0 fully saturated rings. The number of aryl methyl sites for hydroxylation is 1. The molecule has 1 rings (SSSR count). The lowest BCUT2D eigenvalue weighted by molar-refractivity contribution is 0.152. The van der Waals surface area contributed by atoms with Crippen LogP contribution in [0.1, 0.15) is 18.5 Å². The molecule has 0 aliphatic heterocycles. The molecule has 128 valence electrons. The Morgan fingerprint density at radius 2 is 2.18 bits per heavy atom. The number of hydrogen-bond donors (Lipinski definition) is 2. The lowest BCUT2D eigenvalue weighted by atomic mass is 10.1. The third-order valence-electron chi connectivity index (χ3n) is 3.16. The van der Waals surface area contributed by atoms with Gasteiger partial charge in [-0.15, -0.1) is 24.0 Å². The highest BCUT2D eigenvalue weighted by atomic mass is 127. The molecule has 8 heteroatoms. The molecule has 22 heavy (non-hydrogen) atoms. The first-order valence-electron chi connectivity index (χ1n) is 7.25. The minimum Gasteiger partial charge on any atom is -0.380 e. The van der Waals surface area contributed by atoms with Gasteiger partial charge in [0.25, 0.3) is 0 Å². The smallest absolute Gasteiger partial charge is 0.191 e. The van der Waals surface area contributed by atoms with Gasteiger partial charge in [-0.05, 0) is 21.0 Å². The van der Waals surface area contributed by atoms with E-state index >= 15 is 0 Å². The standard InChI is InChI=1S/C14H28N6O.HI/c1-6-21-8-7-16-14(15-2)17-10-13(19(3)4)12-9-18-20(5)11-12;/h9,11,13H,6-8,10H2,1-5H3,(H2,15,16,17);1H. The second-order valence-corrected chi connectivity index (χ2v) is 5.00. The highest BCUT2D eigenvalue weighted by molar-refractivity contribution is 14.0. The molecule has 0 aromatic carbocycles. The maximum atomic E-state index is 5.30. The summed E-state index contributed by atoms with van der Waals surface area (Å²) < 4.78 is 7.12. The minimum atomic E-state index is 0. The van der Waals surface area contributed by atoms with Crippen molar-refractivity contribution in [2.45, 2.75) is 13.0 Å². The Labute approximate surface area is 150 Å². The fraction of sp³-hybridized carbons (Fsp3) is 0.714. The molecule has 1 aromatic heterocycles. The molecule has 0 bridgehead atoms. The van der Waals surface area contributed by atoms with Crippen LogP contribution in [0, 0.1) is 0 Å². The quantitative estimate of drug-likeness (QED) is 0.280. The van der Waals surface area contributed by atoms with Crippen LogP contribution in [0.15, 0.2) is 17.4 Å². The van der Waals surface area contributed by atoms with Crippen LogP contribution in [0.2, 0.25) is 0 Å². The van der Waals surface area contributed by atoms with Crippen LogP contribution in [0.5, 0.6) is 0 Å². The molecular weight excluding hydrogens is 395 g/mol. The highest BCUT2D eigenvalue weighted by Gasteiger charge is 2.16. The van der Waals surface area contributed by atoms with Gasteiger partial charge in [0.2, 0.25) is 0 Å². The van der Waals surface area contributed by atoms with Gasteiger partial charge in [-0.25, -0.2) is 0 Å². The summed E-state index contributed by atoms with van der Waals surface area (Å²) in [5.41, 5.74) is 1.18. The zero-order valence-electron chi connectivity index (χ0n) is 14.2. The lowest BCUT2D eigenvalue weighted by Gasteiger charge is -2.24. The van der Waals surface area contributed by atoms with Crippen LogP contribution in [0.25, 0.3) is 0 Å². The molecule has 1 heterocycles. The topological polar surface area (TPSA) is 66.7 Å². The van der Waals surface area contributed by atoms with Gasteiger partial charge in [-0.3, -0.25) is 9.67 Å². The van der Waals surface area contributed by atoms with Crippen LogP contribution in [-0.4, -0.2) is 68.1 Å². The number of aromatic nitrogens is 2. The van der Waals surface area contributed by atoms with E-state index in [1.165, 1.54) is 5.56 Å². The third-order valence-corrected chi connectivity index (χ3v) is 3.16. The Morgan fingerprint density at radius 1 is 1.45 bits per heavy atom. The Kier molecular flexibility index (Phi) is 11.2. The molecule has 1 aromatic rings. The van der Waals surface area contributed by atoms with Crippen molar-refractivity contribution in [2.24, 2.45) is 12.0 Å². The SMILES string of the molecule is CCOCCNC(=NC)NCC(c1cnn(C)c1)N(C)C.I. The van der Waals surface area contributed by atoms with Crippen molar-refractivity contribution in [1.29, 1.82) is 0 Å². The predicted octanol–water partition coefficient (Wildman–Crippen LogP) is 0.842. The number of nitrogens with one attached hydrogen (secondary N) is 2. The summed E-state index contributed by atoms with van der Waals surface area (Å²) in [6.45, 7) is 4.90. The number of rotatable bonds is 8. The maximum Gasteiger partial charge on any atom is 0.191 e. The molecule has 0 saturated heterocycles. The van der Waals surface area contributed by atoms with Crippen molar-refractivity contribution in [3.05, 3.63) is 18.0 Å². The monoisotopic (exact) mass is 424 g/mol. The molecule has 2 N–H and O–H groups in total. The summed E-state index contributed by atoms with van der Waals surface area (Å²) in [5, 5.41) is 10.8. The zero-order chi connectivity index (χ0) is 15.7. The summed E-state index contributed by atoms with van der Waals surface area (Å²) in [4.78, 5) is 6.38. The third kappa shape index (κ3) is 7.41. The molecule has 0 amide bonds. The summed E-state index contributed by atoms with van der Waals surface area (Å²) >= 11 is 0. The number of hydrogen-bond acceptors (Lipinski definition) is 4. The van der Waals surface area contributed by atoms with E-state index in [4.69, 9.17) is 4.74 Å². The van der Waals surface area contributed by atoms with Crippen LogP contribution in [-0.2, 0) is 11.8 Å². The Bertz CT molecular complexity index is 435. The van der Waals surface area contributed by atoms with Gasteiger partial charge < -0.3 is 20.3 Å². The molecule has 7 nitrogen and oxygen atoms in total. The first-order chi connectivity index (χ1) is 10.1. The van der Waals surface area contributed by atoms with E-state index in [2.05, 4.69) is 39.7 Å². The van der Waals surface area contributed by atoms with E-state index < -0.39 is 0 Å². The van der Waals surface area contributed by atoms with E-state index in [0.29, 0.717) is 6.61 Å². The largest absolute Gasteiger partial charge is 0.380 e. The van der Waals surface area contributed by atoms with Gasteiger partial charge in [0.15, 0.2) is 5.96 Å². The van der Waals surface area contributed by atoms with Gasteiger partial charge in [-0.2, -0.15) is 5.10 Å². The van der Waals surface area contributed by atoms with E-state index in [1.54, 1.807) is 7.05 Å². The highest BCUT2D eigenvalue weighted by Crippen LogP contribution is 2.15. The summed E-state index contributed by atoms with van der Waals surface area (Å²) in [6.07, 6.45) is 3.94. The number of guanidine groups is 1. The normalized spacial score (nSPS) is 12.9. The van der Waals surface area contributed by atoms with Gasteiger partial charge in [0, 0.05) is 45.6 Å². The van der Waals surface area contributed by atoms with E-state index in [-0.39, 0.29) is 30.0 Å². The Hall–Kier alpha value is -0.870. The van der Waals surface area contributed by atoms with Crippen LogP contribution < -0.4 is 10.6 Å². The van der Waals surface area contributed by atoms with Crippen molar-refractivity contribution in [1.82, 2.24) is 25.3 Å². The van der Waals surface area contributed by atoms with Crippen LogP contribution >= 0.6 is 24.0 Å². The molecule has 0 saturated carbocycles. The Balaban J connectivity index is 0.00000441. The average Bonchev–Trinajstić information content (AvgIpc) is 2.87. The van der Waals surface area contributed by atoms with Crippen molar-refractivity contribution in [3.8, 4) is 0 Å². The number of ether oxygens (including phenoxy) is 1. The van der Waals surface area contributed by atoms with E-state index in [9.17, 15) is 0 Å². The van der Waals surface area contributed by atoms with Crippen molar-refractivity contribution >= 4 is 29.9 Å². The molecule has 1 unspecified atom stereocenters. The van der Waals surface area contributed by atoms with E-state index in [1.807, 2.05) is 31.0 Å². The first-order valence-corrected chi connectivity index (χ1v) is 7.25. The zero-order valence-corrected chi connectivity index (χ0v) is 16.5. The molecule has 0 aliphatic carbocycles. The van der Waals surface area contributed by atoms with Crippen LogP contribution in [0.4, 0.5) is 0 Å². The number of aliphatic imine (C=N–C) groups is 1. The maximum absolute atomic E-state index is 5.30. The summed E-state index contributed by atoms with van der Waals surface area (Å²) in [7, 11) is 7.82. The first kappa shape index (κ1) is 21.1. The van der Waals surface area contributed by atoms with Gasteiger partial charge >= 0.3 is 0 Å². The van der Waals surface area contributed by atoms with Crippen molar-refractivity contribution < 1.29 is 4.74 Å². The molecule has 0 radical (unpaired) electrons. The number of halogens is 1.